The van der Waals surface area contributed by atoms with Gasteiger partial charge in [0.1, 0.15) is 2.74 Å². The molecule has 0 unspecified atom stereocenters. The average Bonchev–Trinajstić information content (AvgIpc) is 2.61. The van der Waals surface area contributed by atoms with Crippen molar-refractivity contribution in [2.24, 2.45) is 0 Å². The zero-order valence-corrected chi connectivity index (χ0v) is 8.83. The SMILES string of the molecule is [2H]C1([2H])Oc2ccc(C([2H])([2H])[C@@H](C)NCC)cc2O1. The molecule has 1 heterocycles. The predicted molar refractivity (Wildman–Crippen MR) is 59.4 cm³/mol. The molecule has 0 saturated carbocycles. The van der Waals surface area contributed by atoms with Crippen LogP contribution in [0.4, 0.5) is 0 Å². The van der Waals surface area contributed by atoms with Gasteiger partial charge in [-0.05, 0) is 37.5 Å². The van der Waals surface area contributed by atoms with Gasteiger partial charge in [-0.2, -0.15) is 0 Å². The maximum atomic E-state index is 8.15. The molecule has 0 radical (unpaired) electrons. The molecule has 0 amide bonds. The zero-order chi connectivity index (χ0) is 14.3. The summed E-state index contributed by atoms with van der Waals surface area (Å²) in [6, 6.07) is 4.26. The first-order valence-corrected chi connectivity index (χ1v) is 5.02. The molecule has 0 aliphatic carbocycles. The Hall–Kier alpha value is -1.22. The van der Waals surface area contributed by atoms with Crippen LogP contribution in [-0.4, -0.2) is 19.3 Å². The molecule has 2 rings (SSSR count). The highest BCUT2D eigenvalue weighted by Gasteiger charge is 2.13. The lowest BCUT2D eigenvalue weighted by atomic mass is 10.1. The Balaban J connectivity index is 2.29. The lowest BCUT2D eigenvalue weighted by Crippen LogP contribution is -2.27. The second kappa shape index (κ2) is 4.53. The molecule has 1 aromatic carbocycles. The molecule has 3 nitrogen and oxygen atoms in total. The molecule has 1 aliphatic heterocycles. The van der Waals surface area contributed by atoms with Crippen molar-refractivity contribution >= 4 is 0 Å². The zero-order valence-electron chi connectivity index (χ0n) is 12.8. The highest BCUT2D eigenvalue weighted by atomic mass is 16.7. The van der Waals surface area contributed by atoms with Crippen LogP contribution >= 0.6 is 0 Å². The predicted octanol–water partition coefficient (Wildman–Crippen LogP) is 1.96. The van der Waals surface area contributed by atoms with Crippen molar-refractivity contribution in [3.8, 4) is 11.5 Å². The summed E-state index contributed by atoms with van der Waals surface area (Å²) >= 11 is 0. The van der Waals surface area contributed by atoms with Crippen molar-refractivity contribution < 1.29 is 15.0 Å². The Morgan fingerprint density at radius 3 is 3.13 bits per heavy atom. The molecule has 1 aliphatic rings. The molecule has 82 valence electrons. The summed E-state index contributed by atoms with van der Waals surface area (Å²) in [7, 11) is 0. The molecule has 1 atom stereocenters. The normalized spacial score (nSPS) is 23.6. The minimum Gasteiger partial charge on any atom is -0.454 e. The van der Waals surface area contributed by atoms with Crippen molar-refractivity contribution in [2.75, 3.05) is 13.3 Å². The Morgan fingerprint density at radius 1 is 1.53 bits per heavy atom. The van der Waals surface area contributed by atoms with E-state index < -0.39 is 13.1 Å². The topological polar surface area (TPSA) is 30.5 Å². The highest BCUT2D eigenvalue weighted by molar-refractivity contribution is 5.44. The number of rotatable bonds is 4. The van der Waals surface area contributed by atoms with Gasteiger partial charge in [0.05, 0.1) is 0 Å². The Kier molecular flexibility index (Phi) is 1.93. The van der Waals surface area contributed by atoms with Crippen LogP contribution in [0.1, 0.15) is 24.9 Å². The molecule has 0 saturated heterocycles. The number of hydrogen-bond acceptors (Lipinski definition) is 3. The largest absolute Gasteiger partial charge is 0.454 e. The van der Waals surface area contributed by atoms with Crippen LogP contribution in [0.25, 0.3) is 0 Å². The van der Waals surface area contributed by atoms with Gasteiger partial charge in [0.15, 0.2) is 11.5 Å². The van der Waals surface area contributed by atoms with E-state index in [4.69, 9.17) is 15.0 Å². The molecule has 0 aromatic heterocycles. The van der Waals surface area contributed by atoms with E-state index in [2.05, 4.69) is 5.32 Å². The van der Waals surface area contributed by atoms with Crippen LogP contribution in [0.5, 0.6) is 11.5 Å². The second-order valence-corrected chi connectivity index (χ2v) is 3.37. The lowest BCUT2D eigenvalue weighted by Gasteiger charge is -2.12. The standard InChI is InChI=1S/C12H17NO2/c1-3-13-9(2)6-10-4-5-11-12(7-10)15-8-14-11/h4-5,7,9,13H,3,6,8H2,1-2H3/t9-/m1/s1/i6D2,8D2. The van der Waals surface area contributed by atoms with Gasteiger partial charge in [0, 0.05) is 8.78 Å². The quantitative estimate of drug-likeness (QED) is 0.825. The first-order chi connectivity index (χ1) is 8.76. The van der Waals surface area contributed by atoms with Gasteiger partial charge in [-0.25, -0.2) is 0 Å². The van der Waals surface area contributed by atoms with Gasteiger partial charge in [-0.15, -0.1) is 0 Å². The molecule has 0 spiro atoms. The second-order valence-electron chi connectivity index (χ2n) is 3.37. The molecule has 15 heavy (non-hydrogen) atoms. The molecular formula is C12H17NO2. The summed E-state index contributed by atoms with van der Waals surface area (Å²) in [5.74, 6) is 0.524. The van der Waals surface area contributed by atoms with Crippen molar-refractivity contribution in [1.29, 1.82) is 0 Å². The van der Waals surface area contributed by atoms with Crippen LogP contribution in [-0.2, 0) is 6.37 Å². The summed E-state index contributed by atoms with van der Waals surface area (Å²) in [4.78, 5) is 0. The molecule has 0 bridgehead atoms. The smallest absolute Gasteiger partial charge is 0.231 e. The third kappa shape index (κ3) is 2.42. The Bertz CT molecular complexity index is 479. The fraction of sp³-hybridized carbons (Fsp3) is 0.500. The summed E-state index contributed by atoms with van der Waals surface area (Å²) in [5.41, 5.74) is 0.431. The van der Waals surface area contributed by atoms with E-state index in [9.17, 15) is 0 Å². The summed E-state index contributed by atoms with van der Waals surface area (Å²) < 4.78 is 41.0. The van der Waals surface area contributed by atoms with E-state index in [0.717, 1.165) is 0 Å². The monoisotopic (exact) mass is 211 g/mol. The first kappa shape index (κ1) is 6.38. The highest BCUT2D eigenvalue weighted by Crippen LogP contribution is 2.32. The number of fused-ring (bicyclic) bond motifs is 1. The fourth-order valence-corrected chi connectivity index (χ4v) is 1.48. The Labute approximate surface area is 96.0 Å². The van der Waals surface area contributed by atoms with Crippen molar-refractivity contribution in [2.45, 2.75) is 26.3 Å². The van der Waals surface area contributed by atoms with Gasteiger partial charge in [0.2, 0.25) is 6.75 Å². The number of ether oxygens (including phenoxy) is 2. The summed E-state index contributed by atoms with van der Waals surface area (Å²) in [6.45, 7) is 2.18. The van der Waals surface area contributed by atoms with Crippen molar-refractivity contribution in [1.82, 2.24) is 5.32 Å². The summed E-state index contributed by atoms with van der Waals surface area (Å²) in [6.07, 6.45) is -1.58. The third-order valence-electron chi connectivity index (χ3n) is 2.14. The van der Waals surface area contributed by atoms with Gasteiger partial charge in [0.25, 0.3) is 0 Å². The number of benzene rings is 1. The fourth-order valence-electron chi connectivity index (χ4n) is 1.48. The number of hydrogen-bond donors (Lipinski definition) is 1. The van der Waals surface area contributed by atoms with E-state index in [0.29, 0.717) is 17.9 Å². The van der Waals surface area contributed by atoms with Crippen LogP contribution in [0.3, 0.4) is 0 Å². The van der Waals surface area contributed by atoms with E-state index in [1.807, 2.05) is 6.92 Å². The van der Waals surface area contributed by atoms with Crippen molar-refractivity contribution in [3.05, 3.63) is 23.8 Å². The molecular weight excluding hydrogens is 190 g/mol. The maximum Gasteiger partial charge on any atom is 0.231 e. The maximum absolute atomic E-state index is 8.15. The molecule has 3 heteroatoms. The van der Waals surface area contributed by atoms with Crippen LogP contribution in [0, 0.1) is 0 Å². The number of likely N-dealkylation sites (N-methyl/N-ethyl adjacent to an activating group) is 1. The van der Waals surface area contributed by atoms with Gasteiger partial charge in [-0.3, -0.25) is 0 Å². The molecule has 0 fully saturated rings. The van der Waals surface area contributed by atoms with Gasteiger partial charge >= 0.3 is 0 Å². The van der Waals surface area contributed by atoms with E-state index in [-0.39, 0.29) is 11.8 Å². The van der Waals surface area contributed by atoms with Gasteiger partial charge in [-0.1, -0.05) is 13.0 Å². The Morgan fingerprint density at radius 2 is 2.33 bits per heavy atom. The lowest BCUT2D eigenvalue weighted by molar-refractivity contribution is 0.174. The van der Waals surface area contributed by atoms with E-state index >= 15 is 0 Å². The van der Waals surface area contributed by atoms with Crippen molar-refractivity contribution in [3.63, 3.8) is 0 Å². The number of nitrogens with one attached hydrogen (secondary N) is 1. The van der Waals surface area contributed by atoms with Crippen LogP contribution in [0.15, 0.2) is 18.2 Å². The minimum absolute atomic E-state index is 0.232. The van der Waals surface area contributed by atoms with Crippen LogP contribution in [0.2, 0.25) is 0 Å². The third-order valence-corrected chi connectivity index (χ3v) is 2.14. The van der Waals surface area contributed by atoms with E-state index in [1.54, 1.807) is 13.0 Å². The first-order valence-electron chi connectivity index (χ1n) is 7.02. The molecule has 1 N–H and O–H groups in total. The van der Waals surface area contributed by atoms with Gasteiger partial charge < -0.3 is 14.8 Å². The average molecular weight is 211 g/mol. The molecule has 1 aromatic rings. The van der Waals surface area contributed by atoms with Crippen LogP contribution < -0.4 is 14.8 Å². The summed E-state index contributed by atoms with van der Waals surface area (Å²) in [5, 5.41) is 3.05. The minimum atomic E-state index is -2.18. The van der Waals surface area contributed by atoms with E-state index in [1.165, 1.54) is 12.1 Å².